The van der Waals surface area contributed by atoms with Crippen LogP contribution in [0.1, 0.15) is 65.7 Å². The van der Waals surface area contributed by atoms with E-state index in [0.29, 0.717) is 28.1 Å². The highest BCUT2D eigenvalue weighted by Gasteiger charge is 2.29. The van der Waals surface area contributed by atoms with Gasteiger partial charge in [0, 0.05) is 16.9 Å². The zero-order valence-corrected chi connectivity index (χ0v) is 18.9. The summed E-state index contributed by atoms with van der Waals surface area (Å²) in [5, 5.41) is 3.31. The molecule has 4 rings (SSSR count). The Morgan fingerprint density at radius 3 is 2.62 bits per heavy atom. The normalized spacial score (nSPS) is 15.0. The Balaban J connectivity index is 1.60. The first-order valence-corrected chi connectivity index (χ1v) is 11.2. The number of aryl methyl sites for hydroxylation is 1. The molecular formula is C25H23NO5S. The van der Waals surface area contributed by atoms with Gasteiger partial charge in [0.05, 0.1) is 17.7 Å². The van der Waals surface area contributed by atoms with E-state index >= 15 is 0 Å². The fourth-order valence-corrected chi connectivity index (χ4v) is 4.77. The van der Waals surface area contributed by atoms with E-state index in [1.807, 2.05) is 44.2 Å². The van der Waals surface area contributed by atoms with Crippen molar-refractivity contribution in [3.63, 3.8) is 0 Å². The number of benzene rings is 2. The van der Waals surface area contributed by atoms with E-state index in [-0.39, 0.29) is 12.5 Å². The first kappa shape index (κ1) is 21.8. The lowest BCUT2D eigenvalue weighted by atomic mass is 9.93. The number of rotatable bonds is 5. The van der Waals surface area contributed by atoms with E-state index in [0.717, 1.165) is 21.6 Å². The van der Waals surface area contributed by atoms with Crippen LogP contribution in [0.3, 0.4) is 0 Å². The predicted octanol–water partition coefficient (Wildman–Crippen LogP) is 5.25. The van der Waals surface area contributed by atoms with Gasteiger partial charge in [0.25, 0.3) is 5.91 Å². The van der Waals surface area contributed by atoms with Crippen LogP contribution in [-0.2, 0) is 15.9 Å². The molecule has 1 atom stereocenters. The average Bonchev–Trinajstić information content (AvgIpc) is 3.07. The van der Waals surface area contributed by atoms with Crippen molar-refractivity contribution in [2.45, 2.75) is 33.3 Å². The summed E-state index contributed by atoms with van der Waals surface area (Å²) in [6, 6.07) is 14.5. The van der Waals surface area contributed by atoms with Crippen LogP contribution in [0.25, 0.3) is 0 Å². The number of carbonyl (C=O) groups is 3. The fourth-order valence-electron chi connectivity index (χ4n) is 3.73. The molecule has 6 nitrogen and oxygen atoms in total. The highest BCUT2D eigenvalue weighted by molar-refractivity contribution is 7.16. The monoisotopic (exact) mass is 449 g/mol. The summed E-state index contributed by atoms with van der Waals surface area (Å²) in [5.74, 6) is -1.21. The Bertz CT molecular complexity index is 1200. The number of fused-ring (bicyclic) bond motifs is 1. The molecule has 2 heterocycles. The molecule has 32 heavy (non-hydrogen) atoms. The second kappa shape index (κ2) is 8.96. The summed E-state index contributed by atoms with van der Waals surface area (Å²) in [7, 11) is 0. The van der Waals surface area contributed by atoms with Gasteiger partial charge in [-0.25, -0.2) is 9.59 Å². The van der Waals surface area contributed by atoms with Crippen molar-refractivity contribution in [3.05, 3.63) is 86.8 Å². The first-order chi connectivity index (χ1) is 15.4. The van der Waals surface area contributed by atoms with Gasteiger partial charge < -0.3 is 14.8 Å². The number of hydrogen-bond donors (Lipinski definition) is 1. The SMILES string of the molecule is CCOC(=O)c1c(NC(=O)c2ccc3c(c2)C[C@H](c2ccccc2)OC3=O)sc(C)c1C. The van der Waals surface area contributed by atoms with Crippen LogP contribution < -0.4 is 5.32 Å². The van der Waals surface area contributed by atoms with E-state index in [1.165, 1.54) is 11.3 Å². The number of esters is 2. The average molecular weight is 450 g/mol. The first-order valence-electron chi connectivity index (χ1n) is 10.4. The summed E-state index contributed by atoms with van der Waals surface area (Å²) in [4.78, 5) is 38.8. The number of thiophene rings is 1. The van der Waals surface area contributed by atoms with Crippen molar-refractivity contribution in [3.8, 4) is 0 Å². The van der Waals surface area contributed by atoms with Crippen LogP contribution in [0.2, 0.25) is 0 Å². The second-order valence-electron chi connectivity index (χ2n) is 7.54. The van der Waals surface area contributed by atoms with Crippen LogP contribution in [-0.4, -0.2) is 24.5 Å². The molecule has 0 spiro atoms. The zero-order valence-electron chi connectivity index (χ0n) is 18.1. The third-order valence-electron chi connectivity index (χ3n) is 5.51. The quantitative estimate of drug-likeness (QED) is 0.538. The summed E-state index contributed by atoms with van der Waals surface area (Å²) < 4.78 is 10.7. The summed E-state index contributed by atoms with van der Waals surface area (Å²) in [6.45, 7) is 5.73. The molecule has 1 N–H and O–H groups in total. The number of amides is 1. The van der Waals surface area contributed by atoms with Crippen molar-refractivity contribution >= 4 is 34.2 Å². The maximum atomic E-state index is 13.0. The molecule has 0 fully saturated rings. The predicted molar refractivity (Wildman–Crippen MR) is 122 cm³/mol. The van der Waals surface area contributed by atoms with Gasteiger partial charge in [-0.15, -0.1) is 11.3 Å². The molecule has 0 saturated heterocycles. The third-order valence-corrected chi connectivity index (χ3v) is 6.63. The molecular weight excluding hydrogens is 426 g/mol. The number of ether oxygens (including phenoxy) is 2. The molecule has 7 heteroatoms. The van der Waals surface area contributed by atoms with Gasteiger partial charge >= 0.3 is 11.9 Å². The van der Waals surface area contributed by atoms with Crippen LogP contribution >= 0.6 is 11.3 Å². The van der Waals surface area contributed by atoms with Crippen LogP contribution in [0.5, 0.6) is 0 Å². The molecule has 0 aliphatic carbocycles. The number of cyclic esters (lactones) is 1. The molecule has 1 aliphatic rings. The Morgan fingerprint density at radius 1 is 1.16 bits per heavy atom. The Morgan fingerprint density at radius 2 is 1.91 bits per heavy atom. The molecule has 0 radical (unpaired) electrons. The molecule has 1 aromatic heterocycles. The molecule has 3 aromatic rings. The lowest BCUT2D eigenvalue weighted by Crippen LogP contribution is -2.23. The third kappa shape index (κ3) is 4.16. The number of anilines is 1. The molecule has 1 amide bonds. The van der Waals surface area contributed by atoms with E-state index in [1.54, 1.807) is 25.1 Å². The van der Waals surface area contributed by atoms with E-state index < -0.39 is 18.0 Å². The standard InChI is InChI=1S/C25H23NO5S/c1-4-30-25(29)21-14(2)15(3)32-23(21)26-22(27)17-10-11-19-18(12-17)13-20(31-24(19)28)16-8-6-5-7-9-16/h5-12,20H,4,13H2,1-3H3,(H,26,27)/t20-/m1/s1. The fraction of sp³-hybridized carbons (Fsp3) is 0.240. The minimum Gasteiger partial charge on any atom is -0.462 e. The summed E-state index contributed by atoms with van der Waals surface area (Å²) in [6.07, 6.45) is 0.0878. The lowest BCUT2D eigenvalue weighted by molar-refractivity contribution is 0.0252. The molecule has 0 unspecified atom stereocenters. The Hall–Kier alpha value is -3.45. The lowest BCUT2D eigenvalue weighted by Gasteiger charge is -2.25. The second-order valence-corrected chi connectivity index (χ2v) is 8.77. The van der Waals surface area contributed by atoms with Crippen LogP contribution in [0.15, 0.2) is 48.5 Å². The summed E-state index contributed by atoms with van der Waals surface area (Å²) in [5.41, 5.74) is 3.71. The molecule has 0 saturated carbocycles. The van der Waals surface area contributed by atoms with Gasteiger partial charge in [0.1, 0.15) is 11.1 Å². The maximum Gasteiger partial charge on any atom is 0.341 e. The Labute approximate surface area is 190 Å². The van der Waals surface area contributed by atoms with Gasteiger partial charge in [0.15, 0.2) is 0 Å². The van der Waals surface area contributed by atoms with E-state index in [9.17, 15) is 14.4 Å². The van der Waals surface area contributed by atoms with E-state index in [2.05, 4.69) is 5.32 Å². The highest BCUT2D eigenvalue weighted by Crippen LogP contribution is 2.34. The molecule has 1 aliphatic heterocycles. The van der Waals surface area contributed by atoms with E-state index in [4.69, 9.17) is 9.47 Å². The van der Waals surface area contributed by atoms with Crippen molar-refractivity contribution < 1.29 is 23.9 Å². The minimum absolute atomic E-state index is 0.254. The van der Waals surface area contributed by atoms with Gasteiger partial charge in [-0.2, -0.15) is 0 Å². The van der Waals surface area contributed by atoms with Crippen LogP contribution in [0, 0.1) is 13.8 Å². The molecule has 0 bridgehead atoms. The van der Waals surface area contributed by atoms with Crippen molar-refractivity contribution in [2.24, 2.45) is 0 Å². The van der Waals surface area contributed by atoms with Gasteiger partial charge in [-0.1, -0.05) is 30.3 Å². The number of carbonyl (C=O) groups excluding carboxylic acids is 3. The van der Waals surface area contributed by atoms with Crippen LogP contribution in [0.4, 0.5) is 5.00 Å². The van der Waals surface area contributed by atoms with Gasteiger partial charge in [-0.05, 0) is 55.7 Å². The zero-order chi connectivity index (χ0) is 22.8. The van der Waals surface area contributed by atoms with Crippen molar-refractivity contribution in [1.29, 1.82) is 0 Å². The van der Waals surface area contributed by atoms with Crippen molar-refractivity contribution in [2.75, 3.05) is 11.9 Å². The minimum atomic E-state index is -0.455. The number of hydrogen-bond acceptors (Lipinski definition) is 6. The molecule has 164 valence electrons. The van der Waals surface area contributed by atoms with Gasteiger partial charge in [0.2, 0.25) is 0 Å². The number of nitrogens with one attached hydrogen (secondary N) is 1. The Kier molecular flexibility index (Phi) is 6.10. The molecule has 2 aromatic carbocycles. The van der Waals surface area contributed by atoms with Gasteiger partial charge in [-0.3, -0.25) is 4.79 Å². The maximum absolute atomic E-state index is 13.0. The smallest absolute Gasteiger partial charge is 0.341 e. The largest absolute Gasteiger partial charge is 0.462 e. The van der Waals surface area contributed by atoms with Crippen molar-refractivity contribution in [1.82, 2.24) is 0 Å². The highest BCUT2D eigenvalue weighted by atomic mass is 32.1. The summed E-state index contributed by atoms with van der Waals surface area (Å²) >= 11 is 1.34. The topological polar surface area (TPSA) is 81.7 Å².